The highest BCUT2D eigenvalue weighted by Crippen LogP contribution is 2.41. The lowest BCUT2D eigenvalue weighted by molar-refractivity contribution is -0.274. The lowest BCUT2D eigenvalue weighted by atomic mass is 9.92. The van der Waals surface area contributed by atoms with Crippen molar-refractivity contribution in [1.82, 2.24) is 0 Å². The minimum atomic E-state index is -4.71. The molecule has 1 aliphatic rings. The summed E-state index contributed by atoms with van der Waals surface area (Å²) < 4.78 is 46.3. The predicted molar refractivity (Wildman–Crippen MR) is 81.9 cm³/mol. The summed E-state index contributed by atoms with van der Waals surface area (Å²) in [4.78, 5) is 0. The molecule has 0 saturated carbocycles. The van der Waals surface area contributed by atoms with Crippen LogP contribution < -0.4 is 9.47 Å². The summed E-state index contributed by atoms with van der Waals surface area (Å²) >= 11 is 0. The molecule has 6 heteroatoms. The van der Waals surface area contributed by atoms with E-state index in [1.54, 1.807) is 12.1 Å². The van der Waals surface area contributed by atoms with E-state index in [1.807, 2.05) is 13.0 Å². The number of nitrogens with zero attached hydrogens (tertiary/aromatic N) is 1. The van der Waals surface area contributed by atoms with Crippen LogP contribution in [0.15, 0.2) is 30.3 Å². The van der Waals surface area contributed by atoms with Gasteiger partial charge in [0, 0.05) is 17.5 Å². The zero-order valence-corrected chi connectivity index (χ0v) is 12.9. The number of nitriles is 1. The summed E-state index contributed by atoms with van der Waals surface area (Å²) in [5.74, 6) is 0.376. The molecule has 3 nitrogen and oxygen atoms in total. The molecule has 1 heterocycles. The van der Waals surface area contributed by atoms with Crippen LogP contribution in [0.4, 0.5) is 13.2 Å². The predicted octanol–water partition coefficient (Wildman–Crippen LogP) is 4.62. The third-order valence-electron chi connectivity index (χ3n) is 3.95. The molecule has 2 aromatic carbocycles. The highest BCUT2D eigenvalue weighted by molar-refractivity contribution is 5.76. The maximum Gasteiger partial charge on any atom is 0.573 e. The van der Waals surface area contributed by atoms with Crippen LogP contribution in [0.25, 0.3) is 11.1 Å². The molecular formula is C18H14F3NO2. The molecule has 0 atom stereocenters. The number of alkyl halides is 3. The molecule has 0 radical (unpaired) electrons. The van der Waals surface area contributed by atoms with Crippen molar-refractivity contribution < 1.29 is 22.6 Å². The van der Waals surface area contributed by atoms with E-state index in [0.29, 0.717) is 30.8 Å². The number of halogens is 3. The zero-order valence-electron chi connectivity index (χ0n) is 12.9. The topological polar surface area (TPSA) is 42.2 Å². The number of aryl methyl sites for hydroxylation is 1. The Hall–Kier alpha value is -2.68. The van der Waals surface area contributed by atoms with Gasteiger partial charge in [-0.25, -0.2) is 0 Å². The van der Waals surface area contributed by atoms with E-state index in [2.05, 4.69) is 10.8 Å². The fourth-order valence-corrected chi connectivity index (χ4v) is 2.91. The minimum absolute atomic E-state index is 0.270. The molecule has 0 unspecified atom stereocenters. The third-order valence-corrected chi connectivity index (χ3v) is 3.95. The fraction of sp³-hybridized carbons (Fsp3) is 0.278. The Morgan fingerprint density at radius 3 is 2.54 bits per heavy atom. The summed E-state index contributed by atoms with van der Waals surface area (Å²) in [6.45, 7) is 2.46. The maximum atomic E-state index is 12.3. The van der Waals surface area contributed by atoms with Gasteiger partial charge in [-0.1, -0.05) is 19.1 Å². The zero-order chi connectivity index (χ0) is 17.3. The molecule has 124 valence electrons. The van der Waals surface area contributed by atoms with Crippen LogP contribution in [-0.2, 0) is 12.8 Å². The van der Waals surface area contributed by atoms with Gasteiger partial charge in [-0.2, -0.15) is 5.26 Å². The number of hydrogen-bond acceptors (Lipinski definition) is 3. The minimum Gasteiger partial charge on any atom is -0.492 e. The second-order valence-electron chi connectivity index (χ2n) is 5.40. The highest BCUT2D eigenvalue weighted by atomic mass is 19.4. The van der Waals surface area contributed by atoms with Crippen molar-refractivity contribution in [2.75, 3.05) is 6.61 Å². The standard InChI is InChI=1S/C18H14F3NO2/c1-2-11-9-15(17-14(7-8-23-17)16(11)10-22)12-3-5-13(6-4-12)24-18(19,20)21/h3-6,9H,2,7-8H2,1H3. The SMILES string of the molecule is CCc1cc(-c2ccc(OC(F)(F)F)cc2)c2c(c1C#N)CCO2. The van der Waals surface area contributed by atoms with E-state index in [-0.39, 0.29) is 5.75 Å². The summed E-state index contributed by atoms with van der Waals surface area (Å²) in [7, 11) is 0. The number of rotatable bonds is 3. The van der Waals surface area contributed by atoms with Crippen molar-refractivity contribution in [2.24, 2.45) is 0 Å². The lowest BCUT2D eigenvalue weighted by Gasteiger charge is -2.14. The van der Waals surface area contributed by atoms with E-state index in [0.717, 1.165) is 22.3 Å². The van der Waals surface area contributed by atoms with Crippen molar-refractivity contribution in [1.29, 1.82) is 5.26 Å². The molecule has 0 N–H and O–H groups in total. The average molecular weight is 333 g/mol. The molecule has 2 aromatic rings. The maximum absolute atomic E-state index is 12.3. The Morgan fingerprint density at radius 1 is 1.25 bits per heavy atom. The Morgan fingerprint density at radius 2 is 1.96 bits per heavy atom. The first-order valence-corrected chi connectivity index (χ1v) is 7.50. The Balaban J connectivity index is 2.04. The van der Waals surface area contributed by atoms with Crippen LogP contribution in [0.5, 0.6) is 11.5 Å². The van der Waals surface area contributed by atoms with Crippen LogP contribution in [0.1, 0.15) is 23.6 Å². The van der Waals surface area contributed by atoms with E-state index < -0.39 is 6.36 Å². The Kier molecular flexibility index (Phi) is 4.10. The van der Waals surface area contributed by atoms with Gasteiger partial charge in [0.25, 0.3) is 0 Å². The quantitative estimate of drug-likeness (QED) is 0.823. The van der Waals surface area contributed by atoms with E-state index in [9.17, 15) is 18.4 Å². The monoisotopic (exact) mass is 333 g/mol. The first-order valence-electron chi connectivity index (χ1n) is 7.50. The number of fused-ring (bicyclic) bond motifs is 1. The molecule has 0 aromatic heterocycles. The van der Waals surface area contributed by atoms with Crippen molar-refractivity contribution >= 4 is 0 Å². The fourth-order valence-electron chi connectivity index (χ4n) is 2.91. The molecule has 0 amide bonds. The van der Waals surface area contributed by atoms with Crippen LogP contribution >= 0.6 is 0 Å². The Bertz CT molecular complexity index is 805. The van der Waals surface area contributed by atoms with Crippen molar-refractivity contribution in [3.63, 3.8) is 0 Å². The summed E-state index contributed by atoms with van der Waals surface area (Å²) in [5, 5.41) is 9.39. The van der Waals surface area contributed by atoms with Gasteiger partial charge in [-0.15, -0.1) is 13.2 Å². The first kappa shape index (κ1) is 16.2. The molecule has 0 aliphatic carbocycles. The van der Waals surface area contributed by atoms with Crippen LogP contribution in [-0.4, -0.2) is 13.0 Å². The first-order chi connectivity index (χ1) is 11.4. The molecule has 0 spiro atoms. The molecule has 1 aliphatic heterocycles. The van der Waals surface area contributed by atoms with E-state index in [1.165, 1.54) is 12.1 Å². The highest BCUT2D eigenvalue weighted by Gasteiger charge is 2.31. The number of ether oxygens (including phenoxy) is 2. The normalized spacial score (nSPS) is 13.1. The van der Waals surface area contributed by atoms with Crippen LogP contribution in [0.2, 0.25) is 0 Å². The lowest BCUT2D eigenvalue weighted by Crippen LogP contribution is -2.16. The van der Waals surface area contributed by atoms with Gasteiger partial charge in [0.15, 0.2) is 0 Å². The van der Waals surface area contributed by atoms with Gasteiger partial charge in [-0.05, 0) is 35.7 Å². The molecule has 3 rings (SSSR count). The third kappa shape index (κ3) is 3.02. The second kappa shape index (κ2) is 6.08. The van der Waals surface area contributed by atoms with Gasteiger partial charge in [-0.3, -0.25) is 0 Å². The van der Waals surface area contributed by atoms with E-state index >= 15 is 0 Å². The van der Waals surface area contributed by atoms with Crippen molar-refractivity contribution in [3.05, 3.63) is 47.0 Å². The van der Waals surface area contributed by atoms with Crippen LogP contribution in [0, 0.1) is 11.3 Å². The average Bonchev–Trinajstić information content (AvgIpc) is 3.02. The smallest absolute Gasteiger partial charge is 0.492 e. The van der Waals surface area contributed by atoms with Crippen LogP contribution in [0.3, 0.4) is 0 Å². The molecule has 0 bridgehead atoms. The number of benzene rings is 2. The van der Waals surface area contributed by atoms with Crippen molar-refractivity contribution in [3.8, 4) is 28.7 Å². The van der Waals surface area contributed by atoms with E-state index in [4.69, 9.17) is 4.74 Å². The molecule has 24 heavy (non-hydrogen) atoms. The summed E-state index contributed by atoms with van der Waals surface area (Å²) in [5.41, 5.74) is 3.94. The van der Waals surface area contributed by atoms with Gasteiger partial charge in [0.2, 0.25) is 0 Å². The van der Waals surface area contributed by atoms with Crippen molar-refractivity contribution in [2.45, 2.75) is 26.1 Å². The number of hydrogen-bond donors (Lipinski definition) is 0. The molecular weight excluding hydrogens is 319 g/mol. The Labute approximate surface area is 137 Å². The largest absolute Gasteiger partial charge is 0.573 e. The van der Waals surface area contributed by atoms with Gasteiger partial charge in [0.1, 0.15) is 11.5 Å². The van der Waals surface area contributed by atoms with Gasteiger partial charge >= 0.3 is 6.36 Å². The second-order valence-corrected chi connectivity index (χ2v) is 5.40. The van der Waals surface area contributed by atoms with Gasteiger partial charge < -0.3 is 9.47 Å². The summed E-state index contributed by atoms with van der Waals surface area (Å²) in [6.07, 6.45) is -3.36. The molecule has 0 fully saturated rings. The summed E-state index contributed by atoms with van der Waals surface area (Å²) in [6, 6.07) is 9.78. The van der Waals surface area contributed by atoms with Gasteiger partial charge in [0.05, 0.1) is 18.2 Å². The molecule has 0 saturated heterocycles.